The number of rotatable bonds is 7. The Morgan fingerprint density at radius 1 is 1.35 bits per heavy atom. The van der Waals surface area contributed by atoms with E-state index in [1.807, 2.05) is 43.9 Å². The second kappa shape index (κ2) is 7.85. The van der Waals surface area contributed by atoms with Gasteiger partial charge in [0.25, 0.3) is 0 Å². The Kier molecular flexibility index (Phi) is 5.84. The van der Waals surface area contributed by atoms with E-state index in [1.165, 1.54) is 0 Å². The van der Waals surface area contributed by atoms with Gasteiger partial charge in [0, 0.05) is 5.69 Å². The third kappa shape index (κ3) is 4.61. The molecule has 1 aromatic carbocycles. The van der Waals surface area contributed by atoms with Crippen LogP contribution >= 0.6 is 0 Å². The first-order chi connectivity index (χ1) is 11.0. The molecule has 0 unspecified atom stereocenters. The molecule has 0 saturated carbocycles. The summed E-state index contributed by atoms with van der Waals surface area (Å²) in [5.41, 5.74) is 8.42. The van der Waals surface area contributed by atoms with Crippen molar-refractivity contribution in [2.24, 2.45) is 5.73 Å². The number of carbonyl (C=O) groups is 1. The first-order valence-electron chi connectivity index (χ1n) is 7.63. The smallest absolute Gasteiger partial charge is 0.240 e. The lowest BCUT2D eigenvalue weighted by molar-refractivity contribution is -0.117. The van der Waals surface area contributed by atoms with E-state index >= 15 is 0 Å². The maximum atomic E-state index is 12.3. The van der Waals surface area contributed by atoms with Crippen LogP contribution in [-0.4, -0.2) is 34.0 Å². The monoisotopic (exact) mass is 317 g/mol. The molecule has 7 heteroatoms. The van der Waals surface area contributed by atoms with Gasteiger partial charge in [0.05, 0.1) is 19.6 Å². The van der Waals surface area contributed by atoms with Gasteiger partial charge >= 0.3 is 0 Å². The molecule has 23 heavy (non-hydrogen) atoms. The number of likely N-dealkylation sites (N-methyl/N-ethyl adjacent to an activating group) is 1. The fourth-order valence-electron chi connectivity index (χ4n) is 2.31. The number of nitrogens with two attached hydrogens (primary N) is 1. The van der Waals surface area contributed by atoms with Crippen LogP contribution in [0.2, 0.25) is 0 Å². The number of carbonyl (C=O) groups excluding carboxylic acids is 1. The van der Waals surface area contributed by atoms with Crippen LogP contribution in [0.3, 0.4) is 0 Å². The Morgan fingerprint density at radius 2 is 2.04 bits per heavy atom. The number of nitrogens with one attached hydrogen (secondary N) is 1. The molecule has 1 heterocycles. The molecule has 2 aromatic rings. The van der Waals surface area contributed by atoms with Crippen molar-refractivity contribution in [1.29, 1.82) is 0 Å². The van der Waals surface area contributed by atoms with E-state index in [9.17, 15) is 4.79 Å². The van der Waals surface area contributed by atoms with Crippen molar-refractivity contribution < 1.29 is 9.32 Å². The van der Waals surface area contributed by atoms with E-state index in [2.05, 4.69) is 15.5 Å². The lowest BCUT2D eigenvalue weighted by atomic mass is 10.1. The van der Waals surface area contributed by atoms with Gasteiger partial charge in [0.2, 0.25) is 11.8 Å². The first-order valence-corrected chi connectivity index (χ1v) is 7.63. The molecule has 0 fully saturated rings. The summed E-state index contributed by atoms with van der Waals surface area (Å²) in [6, 6.07) is 5.94. The highest BCUT2D eigenvalue weighted by Crippen LogP contribution is 2.19. The summed E-state index contributed by atoms with van der Waals surface area (Å²) in [6.07, 6.45) is 0. The third-order valence-electron chi connectivity index (χ3n) is 3.61. The lowest BCUT2D eigenvalue weighted by Gasteiger charge is -2.19. The van der Waals surface area contributed by atoms with Gasteiger partial charge in [0.1, 0.15) is 0 Å². The maximum Gasteiger partial charge on any atom is 0.240 e. The van der Waals surface area contributed by atoms with Crippen molar-refractivity contribution >= 4 is 11.6 Å². The highest BCUT2D eigenvalue weighted by atomic mass is 16.5. The summed E-state index contributed by atoms with van der Waals surface area (Å²) in [7, 11) is 0. The number of para-hydroxylation sites is 1. The second-order valence-corrected chi connectivity index (χ2v) is 5.43. The summed E-state index contributed by atoms with van der Waals surface area (Å²) in [5, 5.41) is 6.84. The van der Waals surface area contributed by atoms with Gasteiger partial charge in [-0.1, -0.05) is 30.3 Å². The van der Waals surface area contributed by atoms with E-state index in [1.54, 1.807) is 0 Å². The van der Waals surface area contributed by atoms with Gasteiger partial charge in [-0.15, -0.1) is 0 Å². The quantitative estimate of drug-likeness (QED) is 0.805. The molecule has 0 spiro atoms. The van der Waals surface area contributed by atoms with Crippen LogP contribution in [-0.2, 0) is 17.9 Å². The molecule has 0 atom stereocenters. The first kappa shape index (κ1) is 17.1. The number of hydrogen-bond donors (Lipinski definition) is 2. The van der Waals surface area contributed by atoms with E-state index in [-0.39, 0.29) is 19.0 Å². The van der Waals surface area contributed by atoms with Gasteiger partial charge in [-0.2, -0.15) is 4.98 Å². The second-order valence-electron chi connectivity index (χ2n) is 5.43. The van der Waals surface area contributed by atoms with Crippen molar-refractivity contribution in [1.82, 2.24) is 15.0 Å². The van der Waals surface area contributed by atoms with E-state index in [0.717, 1.165) is 16.8 Å². The zero-order valence-corrected chi connectivity index (χ0v) is 13.8. The molecule has 124 valence electrons. The summed E-state index contributed by atoms with van der Waals surface area (Å²) in [4.78, 5) is 18.4. The molecule has 0 saturated heterocycles. The minimum atomic E-state index is -0.0632. The minimum absolute atomic E-state index is 0.0632. The SMILES string of the molecule is CCN(CC(=O)Nc1c(C)cccc1C)Cc1noc(CN)n1. The molecule has 0 bridgehead atoms. The van der Waals surface area contributed by atoms with E-state index < -0.39 is 0 Å². The molecular formula is C16H23N5O2. The van der Waals surface area contributed by atoms with Crippen LogP contribution in [0, 0.1) is 13.8 Å². The Labute approximate surface area is 135 Å². The summed E-state index contributed by atoms with van der Waals surface area (Å²) in [6.45, 7) is 7.56. The standard InChI is InChI=1S/C16H23N5O2/c1-4-21(9-13-18-15(8-17)23-20-13)10-14(22)19-16-11(2)6-5-7-12(16)3/h5-7H,4,8-10,17H2,1-3H3,(H,19,22). The molecule has 0 aliphatic carbocycles. The topological polar surface area (TPSA) is 97.3 Å². The van der Waals surface area contributed by atoms with Crippen molar-refractivity contribution in [3.63, 3.8) is 0 Å². The fourth-order valence-corrected chi connectivity index (χ4v) is 2.31. The molecule has 1 amide bonds. The Morgan fingerprint density at radius 3 is 2.61 bits per heavy atom. The van der Waals surface area contributed by atoms with Gasteiger partial charge in [-0.05, 0) is 31.5 Å². The molecule has 7 nitrogen and oxygen atoms in total. The average Bonchev–Trinajstić information content (AvgIpc) is 2.98. The number of aryl methyl sites for hydroxylation is 2. The average molecular weight is 317 g/mol. The number of amides is 1. The number of hydrogen-bond acceptors (Lipinski definition) is 6. The number of aromatic nitrogens is 2. The lowest BCUT2D eigenvalue weighted by Crippen LogP contribution is -2.33. The largest absolute Gasteiger partial charge is 0.338 e. The highest BCUT2D eigenvalue weighted by molar-refractivity contribution is 5.93. The summed E-state index contributed by atoms with van der Waals surface area (Å²) >= 11 is 0. The van der Waals surface area contributed by atoms with Gasteiger partial charge in [-0.3, -0.25) is 9.69 Å². The normalized spacial score (nSPS) is 11.0. The van der Waals surface area contributed by atoms with Crippen LogP contribution in [0.1, 0.15) is 29.8 Å². The van der Waals surface area contributed by atoms with Gasteiger partial charge < -0.3 is 15.6 Å². The van der Waals surface area contributed by atoms with Crippen LogP contribution in [0.4, 0.5) is 5.69 Å². The van der Waals surface area contributed by atoms with Crippen LogP contribution in [0.5, 0.6) is 0 Å². The summed E-state index contributed by atoms with van der Waals surface area (Å²) in [5.74, 6) is 0.870. The minimum Gasteiger partial charge on any atom is -0.338 e. The Balaban J connectivity index is 1.96. The summed E-state index contributed by atoms with van der Waals surface area (Å²) < 4.78 is 4.98. The van der Waals surface area contributed by atoms with Crippen LogP contribution in [0.15, 0.2) is 22.7 Å². The van der Waals surface area contributed by atoms with Crippen LogP contribution in [0.25, 0.3) is 0 Å². The molecule has 0 aliphatic heterocycles. The van der Waals surface area contributed by atoms with Crippen molar-refractivity contribution in [2.45, 2.75) is 33.9 Å². The van der Waals surface area contributed by atoms with Crippen molar-refractivity contribution in [3.05, 3.63) is 41.0 Å². The maximum absolute atomic E-state index is 12.3. The van der Waals surface area contributed by atoms with Gasteiger partial charge in [0.15, 0.2) is 5.82 Å². The molecule has 1 aromatic heterocycles. The van der Waals surface area contributed by atoms with Gasteiger partial charge in [-0.25, -0.2) is 0 Å². The van der Waals surface area contributed by atoms with Crippen LogP contribution < -0.4 is 11.1 Å². The number of benzene rings is 1. The third-order valence-corrected chi connectivity index (χ3v) is 3.61. The fraction of sp³-hybridized carbons (Fsp3) is 0.438. The predicted octanol–water partition coefficient (Wildman–Crippen LogP) is 1.61. The number of nitrogens with zero attached hydrogens (tertiary/aromatic N) is 3. The Bertz CT molecular complexity index is 648. The molecular weight excluding hydrogens is 294 g/mol. The van der Waals surface area contributed by atoms with Crippen molar-refractivity contribution in [2.75, 3.05) is 18.4 Å². The van der Waals surface area contributed by atoms with E-state index in [0.29, 0.717) is 24.8 Å². The Hall–Kier alpha value is -2.25. The molecule has 0 radical (unpaired) electrons. The highest BCUT2D eigenvalue weighted by Gasteiger charge is 2.14. The van der Waals surface area contributed by atoms with E-state index in [4.69, 9.17) is 10.3 Å². The molecule has 3 N–H and O–H groups in total. The molecule has 0 aliphatic rings. The predicted molar refractivity (Wildman–Crippen MR) is 87.7 cm³/mol. The number of anilines is 1. The molecule has 2 rings (SSSR count). The zero-order chi connectivity index (χ0) is 16.8. The zero-order valence-electron chi connectivity index (χ0n) is 13.8. The van der Waals surface area contributed by atoms with Crippen molar-refractivity contribution in [3.8, 4) is 0 Å².